The van der Waals surface area contributed by atoms with Gasteiger partial charge < -0.3 is 9.88 Å². The molecule has 0 spiro atoms. The first-order chi connectivity index (χ1) is 11.5. The maximum absolute atomic E-state index is 12.2. The largest absolute Gasteiger partial charge is 0.354 e. The molecule has 0 aliphatic carbocycles. The summed E-state index contributed by atoms with van der Waals surface area (Å²) in [6.45, 7) is 7.20. The fourth-order valence-corrected chi connectivity index (χ4v) is 2.88. The number of rotatable bonds is 5. The number of nitrogens with zero attached hydrogens (tertiary/aromatic N) is 2. The van der Waals surface area contributed by atoms with Crippen LogP contribution in [0.15, 0.2) is 42.7 Å². The van der Waals surface area contributed by atoms with E-state index in [-0.39, 0.29) is 5.91 Å². The Hall–Kier alpha value is -2.62. The summed E-state index contributed by atoms with van der Waals surface area (Å²) < 4.78 is 1.91. The normalized spacial score (nSPS) is 11.0. The highest BCUT2D eigenvalue weighted by Crippen LogP contribution is 2.18. The molecule has 0 radical (unpaired) electrons. The van der Waals surface area contributed by atoms with Crippen LogP contribution in [-0.2, 0) is 17.8 Å². The predicted molar refractivity (Wildman–Crippen MR) is 97.1 cm³/mol. The van der Waals surface area contributed by atoms with E-state index in [4.69, 9.17) is 0 Å². The lowest BCUT2D eigenvalue weighted by molar-refractivity contribution is -0.121. The molecule has 3 rings (SSSR count). The SMILES string of the molecule is Cc1cc2ncn(CC(=O)NCCc3ccccc3C)c2cc1C. The van der Waals surface area contributed by atoms with E-state index in [0.717, 1.165) is 17.5 Å². The Bertz CT molecular complexity index is 880. The molecule has 124 valence electrons. The van der Waals surface area contributed by atoms with Crippen LogP contribution in [-0.4, -0.2) is 22.0 Å². The van der Waals surface area contributed by atoms with Crippen LogP contribution in [0, 0.1) is 20.8 Å². The predicted octanol–water partition coefficient (Wildman–Crippen LogP) is 3.32. The maximum atomic E-state index is 12.2. The topological polar surface area (TPSA) is 46.9 Å². The summed E-state index contributed by atoms with van der Waals surface area (Å²) >= 11 is 0. The Balaban J connectivity index is 1.61. The smallest absolute Gasteiger partial charge is 0.240 e. The minimum Gasteiger partial charge on any atom is -0.354 e. The van der Waals surface area contributed by atoms with Crippen LogP contribution in [0.1, 0.15) is 22.3 Å². The van der Waals surface area contributed by atoms with Crippen molar-refractivity contribution in [2.24, 2.45) is 0 Å². The molecule has 0 unspecified atom stereocenters. The summed E-state index contributed by atoms with van der Waals surface area (Å²) in [5.74, 6) is 0.0149. The Kier molecular flexibility index (Phi) is 4.65. The Labute approximate surface area is 142 Å². The molecule has 1 heterocycles. The summed E-state index contributed by atoms with van der Waals surface area (Å²) in [4.78, 5) is 16.6. The van der Waals surface area contributed by atoms with Crippen molar-refractivity contribution in [2.75, 3.05) is 6.54 Å². The molecule has 24 heavy (non-hydrogen) atoms. The third-order valence-corrected chi connectivity index (χ3v) is 4.53. The molecule has 0 saturated carbocycles. The van der Waals surface area contributed by atoms with Gasteiger partial charge in [0, 0.05) is 6.54 Å². The Morgan fingerprint density at radius 1 is 1.08 bits per heavy atom. The van der Waals surface area contributed by atoms with E-state index >= 15 is 0 Å². The summed E-state index contributed by atoms with van der Waals surface area (Å²) in [6, 6.07) is 12.4. The van der Waals surface area contributed by atoms with Gasteiger partial charge in [0.1, 0.15) is 6.54 Å². The average Bonchev–Trinajstić information content (AvgIpc) is 2.92. The van der Waals surface area contributed by atoms with Crippen LogP contribution in [0.2, 0.25) is 0 Å². The van der Waals surface area contributed by atoms with E-state index in [0.29, 0.717) is 13.1 Å². The van der Waals surface area contributed by atoms with E-state index in [1.165, 1.54) is 22.3 Å². The van der Waals surface area contributed by atoms with Gasteiger partial charge in [-0.15, -0.1) is 0 Å². The first-order valence-electron chi connectivity index (χ1n) is 8.28. The zero-order valence-electron chi connectivity index (χ0n) is 14.5. The minimum absolute atomic E-state index is 0.0149. The van der Waals surface area contributed by atoms with Crippen LogP contribution in [0.4, 0.5) is 0 Å². The van der Waals surface area contributed by atoms with Gasteiger partial charge in [0.05, 0.1) is 17.4 Å². The molecule has 3 aromatic rings. The Morgan fingerprint density at radius 3 is 2.62 bits per heavy atom. The second-order valence-electron chi connectivity index (χ2n) is 6.32. The number of fused-ring (bicyclic) bond motifs is 1. The van der Waals surface area contributed by atoms with Gasteiger partial charge >= 0.3 is 0 Å². The monoisotopic (exact) mass is 321 g/mol. The van der Waals surface area contributed by atoms with E-state index in [2.05, 4.69) is 55.3 Å². The van der Waals surface area contributed by atoms with E-state index in [1.807, 2.05) is 16.7 Å². The Morgan fingerprint density at radius 2 is 1.83 bits per heavy atom. The summed E-state index contributed by atoms with van der Waals surface area (Å²) in [5.41, 5.74) is 6.91. The van der Waals surface area contributed by atoms with Gasteiger partial charge in [0.25, 0.3) is 0 Å². The van der Waals surface area contributed by atoms with Gasteiger partial charge in [-0.25, -0.2) is 4.98 Å². The van der Waals surface area contributed by atoms with Crippen molar-refractivity contribution in [3.63, 3.8) is 0 Å². The summed E-state index contributed by atoms with van der Waals surface area (Å²) in [5, 5.41) is 3.00. The van der Waals surface area contributed by atoms with Crippen molar-refractivity contribution in [2.45, 2.75) is 33.7 Å². The van der Waals surface area contributed by atoms with Crippen LogP contribution in [0.25, 0.3) is 11.0 Å². The second-order valence-corrected chi connectivity index (χ2v) is 6.32. The average molecular weight is 321 g/mol. The van der Waals surface area contributed by atoms with Crippen molar-refractivity contribution in [1.29, 1.82) is 0 Å². The molecule has 1 amide bonds. The molecule has 4 nitrogen and oxygen atoms in total. The number of carbonyl (C=O) groups excluding carboxylic acids is 1. The molecule has 0 aliphatic heterocycles. The number of hydrogen-bond acceptors (Lipinski definition) is 2. The maximum Gasteiger partial charge on any atom is 0.240 e. The van der Waals surface area contributed by atoms with Gasteiger partial charge in [0.2, 0.25) is 5.91 Å². The molecular formula is C20H23N3O. The van der Waals surface area contributed by atoms with Crippen molar-refractivity contribution < 1.29 is 4.79 Å². The third-order valence-electron chi connectivity index (χ3n) is 4.53. The van der Waals surface area contributed by atoms with Gasteiger partial charge in [-0.05, 0) is 61.6 Å². The number of aromatic nitrogens is 2. The van der Waals surface area contributed by atoms with Crippen molar-refractivity contribution in [3.05, 3.63) is 65.0 Å². The highest BCUT2D eigenvalue weighted by molar-refractivity contribution is 5.81. The molecule has 0 saturated heterocycles. The molecule has 0 aliphatic rings. The van der Waals surface area contributed by atoms with Gasteiger partial charge in [-0.3, -0.25) is 4.79 Å². The highest BCUT2D eigenvalue weighted by Gasteiger charge is 2.08. The molecule has 0 atom stereocenters. The van der Waals surface area contributed by atoms with E-state index < -0.39 is 0 Å². The zero-order valence-corrected chi connectivity index (χ0v) is 14.5. The minimum atomic E-state index is 0.0149. The quantitative estimate of drug-likeness (QED) is 0.783. The molecule has 2 aromatic carbocycles. The fourth-order valence-electron chi connectivity index (χ4n) is 2.88. The van der Waals surface area contributed by atoms with Crippen molar-refractivity contribution >= 4 is 16.9 Å². The molecule has 4 heteroatoms. The molecule has 0 fully saturated rings. The number of benzene rings is 2. The zero-order chi connectivity index (χ0) is 17.1. The van der Waals surface area contributed by atoms with Gasteiger partial charge in [0.15, 0.2) is 0 Å². The molecular weight excluding hydrogens is 298 g/mol. The van der Waals surface area contributed by atoms with Crippen LogP contribution in [0.3, 0.4) is 0 Å². The number of nitrogens with one attached hydrogen (secondary N) is 1. The third kappa shape index (κ3) is 3.48. The van der Waals surface area contributed by atoms with Gasteiger partial charge in [-0.2, -0.15) is 0 Å². The van der Waals surface area contributed by atoms with Crippen molar-refractivity contribution in [3.8, 4) is 0 Å². The van der Waals surface area contributed by atoms with Crippen LogP contribution in [0.5, 0.6) is 0 Å². The van der Waals surface area contributed by atoms with E-state index in [1.54, 1.807) is 6.33 Å². The fraction of sp³-hybridized carbons (Fsp3) is 0.300. The molecule has 1 aromatic heterocycles. The lowest BCUT2D eigenvalue weighted by Gasteiger charge is -2.09. The number of aryl methyl sites for hydroxylation is 3. The standard InChI is InChI=1S/C20H23N3O/c1-14-6-4-5-7-17(14)8-9-21-20(24)12-23-13-22-18-10-15(2)16(3)11-19(18)23/h4-7,10-11,13H,8-9,12H2,1-3H3,(H,21,24). The molecule has 0 bridgehead atoms. The van der Waals surface area contributed by atoms with Gasteiger partial charge in [-0.1, -0.05) is 24.3 Å². The summed E-state index contributed by atoms with van der Waals surface area (Å²) in [7, 11) is 0. The lowest BCUT2D eigenvalue weighted by atomic mass is 10.1. The van der Waals surface area contributed by atoms with Crippen LogP contribution >= 0.6 is 0 Å². The number of imidazole rings is 1. The first-order valence-corrected chi connectivity index (χ1v) is 8.28. The highest BCUT2D eigenvalue weighted by atomic mass is 16.1. The van der Waals surface area contributed by atoms with E-state index in [9.17, 15) is 4.79 Å². The molecule has 1 N–H and O–H groups in total. The number of amides is 1. The van der Waals surface area contributed by atoms with Crippen LogP contribution < -0.4 is 5.32 Å². The first kappa shape index (κ1) is 16.2. The lowest BCUT2D eigenvalue weighted by Crippen LogP contribution is -2.29. The van der Waals surface area contributed by atoms with Crippen molar-refractivity contribution in [1.82, 2.24) is 14.9 Å². The summed E-state index contributed by atoms with van der Waals surface area (Å²) in [6.07, 6.45) is 2.59. The number of hydrogen-bond donors (Lipinski definition) is 1. The number of carbonyl (C=O) groups is 1. The second kappa shape index (κ2) is 6.87.